The van der Waals surface area contributed by atoms with E-state index in [0.29, 0.717) is 11.1 Å². The van der Waals surface area contributed by atoms with Crippen molar-refractivity contribution in [2.45, 2.75) is 37.3 Å². The number of halogens is 8. The molecule has 1 aliphatic rings. The Labute approximate surface area is 217 Å². The first-order valence-electron chi connectivity index (χ1n) is 11.0. The van der Waals surface area contributed by atoms with Crippen LogP contribution in [-0.2, 0) is 0 Å². The molecule has 0 bridgehead atoms. The number of nitrogens with zero attached hydrogens (tertiary/aromatic N) is 2. The average molecular weight is 559 g/mol. The van der Waals surface area contributed by atoms with Crippen LogP contribution in [0.15, 0.2) is 71.8 Å². The smallest absolute Gasteiger partial charge is 0.369 e. The zero-order chi connectivity index (χ0) is 28.0. The number of para-hydroxylation sites is 1. The van der Waals surface area contributed by atoms with Crippen LogP contribution in [0.5, 0.6) is 0 Å². The number of hydrazone groups is 1. The Kier molecular flexibility index (Phi) is 7.04. The van der Waals surface area contributed by atoms with Crippen molar-refractivity contribution in [3.63, 3.8) is 0 Å². The molecule has 4 nitrogen and oxygen atoms in total. The molecule has 1 aliphatic heterocycles. The molecule has 38 heavy (non-hydrogen) atoms. The zero-order valence-electron chi connectivity index (χ0n) is 19.4. The van der Waals surface area contributed by atoms with Gasteiger partial charge in [-0.15, -0.1) is 0 Å². The molecule has 0 spiro atoms. The second kappa shape index (κ2) is 9.70. The van der Waals surface area contributed by atoms with Crippen molar-refractivity contribution < 1.29 is 40.6 Å². The lowest BCUT2D eigenvalue weighted by atomic mass is 9.89. The lowest BCUT2D eigenvalue weighted by Gasteiger charge is -2.32. The summed E-state index contributed by atoms with van der Waals surface area (Å²) in [5, 5.41) is 14.3. The van der Waals surface area contributed by atoms with Gasteiger partial charge in [0.15, 0.2) is 5.78 Å². The summed E-state index contributed by atoms with van der Waals surface area (Å²) in [4.78, 5) is 11.7. The Bertz CT molecular complexity index is 1410. The van der Waals surface area contributed by atoms with E-state index in [9.17, 15) is 36.2 Å². The maximum Gasteiger partial charge on any atom is 0.431 e. The van der Waals surface area contributed by atoms with Gasteiger partial charge in [-0.3, -0.25) is 9.80 Å². The summed E-state index contributed by atoms with van der Waals surface area (Å²) >= 11 is 6.16. The largest absolute Gasteiger partial charge is 0.431 e. The van der Waals surface area contributed by atoms with Crippen molar-refractivity contribution in [1.82, 2.24) is 0 Å². The third kappa shape index (κ3) is 4.76. The van der Waals surface area contributed by atoms with E-state index in [1.54, 1.807) is 18.2 Å². The van der Waals surface area contributed by atoms with E-state index in [2.05, 4.69) is 5.10 Å². The SMILES string of the molecule is CC(=O)c1cccc(-c2ccc(C3CC(C(O)(C(F)(F)F)C(F)(F)F)=NN3c3ccccc3Cl)cc2F)c1. The molecule has 0 aromatic heterocycles. The summed E-state index contributed by atoms with van der Waals surface area (Å²) in [5.74, 6) is -1.09. The molecular formula is C26H18ClF7N2O2. The molecular weight excluding hydrogens is 541 g/mol. The summed E-state index contributed by atoms with van der Waals surface area (Å²) in [5.41, 5.74) is -6.18. The van der Waals surface area contributed by atoms with Crippen molar-refractivity contribution in [1.29, 1.82) is 0 Å². The number of ketones is 1. The molecule has 1 unspecified atom stereocenters. The highest BCUT2D eigenvalue weighted by Gasteiger charge is 2.74. The van der Waals surface area contributed by atoms with E-state index in [1.165, 1.54) is 49.4 Å². The number of hydrogen-bond donors (Lipinski definition) is 1. The van der Waals surface area contributed by atoms with E-state index in [4.69, 9.17) is 11.6 Å². The molecule has 0 radical (unpaired) electrons. The second-order valence-corrected chi connectivity index (χ2v) is 9.05. The van der Waals surface area contributed by atoms with Crippen molar-refractivity contribution in [3.8, 4) is 11.1 Å². The number of anilines is 1. The fraction of sp³-hybridized carbons (Fsp3) is 0.231. The van der Waals surface area contributed by atoms with Gasteiger partial charge in [0.1, 0.15) is 5.82 Å². The minimum atomic E-state index is -6.14. The number of carbonyl (C=O) groups excluding carboxylic acids is 1. The highest BCUT2D eigenvalue weighted by molar-refractivity contribution is 6.33. The van der Waals surface area contributed by atoms with E-state index in [1.807, 2.05) is 0 Å². The van der Waals surface area contributed by atoms with Gasteiger partial charge in [0, 0.05) is 17.5 Å². The molecule has 1 heterocycles. The summed E-state index contributed by atoms with van der Waals surface area (Å²) < 4.78 is 96.9. The van der Waals surface area contributed by atoms with Crippen LogP contribution in [0.25, 0.3) is 11.1 Å². The quantitative estimate of drug-likeness (QED) is 0.260. The third-order valence-corrected chi connectivity index (χ3v) is 6.53. The Morgan fingerprint density at radius 1 is 0.974 bits per heavy atom. The number of benzene rings is 3. The lowest BCUT2D eigenvalue weighted by molar-refractivity contribution is -0.338. The van der Waals surface area contributed by atoms with Gasteiger partial charge in [0.25, 0.3) is 5.60 Å². The standard InChI is InChI=1S/C26H18ClF7N2O2/c1-14(37)15-5-4-6-16(11-15)18-10-9-17(12-20(18)28)22-13-23(24(38,25(29,30)31)26(32,33)34)35-36(22)21-8-3-2-7-19(21)27/h2-12,22,38H,13H2,1H3. The van der Waals surface area contributed by atoms with Crippen LogP contribution in [0.4, 0.5) is 36.4 Å². The maximum atomic E-state index is 15.3. The number of aliphatic hydroxyl groups is 1. The molecule has 3 aromatic carbocycles. The fourth-order valence-corrected chi connectivity index (χ4v) is 4.44. The van der Waals surface area contributed by atoms with Crippen LogP contribution >= 0.6 is 11.6 Å². The van der Waals surface area contributed by atoms with Crippen molar-refractivity contribution >= 4 is 28.8 Å². The predicted octanol–water partition coefficient (Wildman–Crippen LogP) is 7.51. The van der Waals surface area contributed by atoms with Crippen LogP contribution < -0.4 is 5.01 Å². The summed E-state index contributed by atoms with van der Waals surface area (Å²) in [6, 6.07) is 13.9. The Morgan fingerprint density at radius 2 is 1.63 bits per heavy atom. The average Bonchev–Trinajstić information content (AvgIpc) is 3.27. The van der Waals surface area contributed by atoms with Gasteiger partial charge in [0.2, 0.25) is 0 Å². The van der Waals surface area contributed by atoms with Gasteiger partial charge in [-0.05, 0) is 42.3 Å². The van der Waals surface area contributed by atoms with Gasteiger partial charge in [-0.2, -0.15) is 31.4 Å². The van der Waals surface area contributed by atoms with Crippen LogP contribution in [0.3, 0.4) is 0 Å². The molecule has 0 amide bonds. The first-order chi connectivity index (χ1) is 17.6. The van der Waals surface area contributed by atoms with Gasteiger partial charge < -0.3 is 5.11 Å². The molecule has 1 N–H and O–H groups in total. The van der Waals surface area contributed by atoms with Gasteiger partial charge in [0.05, 0.1) is 22.5 Å². The minimum Gasteiger partial charge on any atom is -0.369 e. The Balaban J connectivity index is 1.82. The molecule has 200 valence electrons. The predicted molar refractivity (Wildman–Crippen MR) is 128 cm³/mol. The number of hydrogen-bond acceptors (Lipinski definition) is 4. The molecule has 0 aliphatic carbocycles. The Morgan fingerprint density at radius 3 is 2.21 bits per heavy atom. The molecule has 0 saturated heterocycles. The normalized spacial score (nSPS) is 16.5. The number of alkyl halides is 6. The van der Waals surface area contributed by atoms with Gasteiger partial charge in [-0.1, -0.05) is 54.1 Å². The highest BCUT2D eigenvalue weighted by Crippen LogP contribution is 2.49. The third-order valence-electron chi connectivity index (χ3n) is 6.21. The van der Waals surface area contributed by atoms with Crippen LogP contribution in [0.2, 0.25) is 5.02 Å². The number of carbonyl (C=O) groups is 1. The monoisotopic (exact) mass is 558 g/mol. The van der Waals surface area contributed by atoms with Crippen molar-refractivity contribution in [3.05, 3.63) is 88.7 Å². The van der Waals surface area contributed by atoms with Crippen molar-refractivity contribution in [2.24, 2.45) is 5.10 Å². The number of Topliss-reactive ketones (excluding diaryl/α,β-unsaturated/α-hetero) is 1. The Hall–Kier alpha value is -3.44. The molecule has 4 rings (SSSR count). The topological polar surface area (TPSA) is 52.9 Å². The first kappa shape index (κ1) is 27.6. The summed E-state index contributed by atoms with van der Waals surface area (Å²) in [7, 11) is 0. The van der Waals surface area contributed by atoms with E-state index in [-0.39, 0.29) is 27.6 Å². The number of rotatable bonds is 5. The second-order valence-electron chi connectivity index (χ2n) is 8.64. The molecule has 12 heteroatoms. The molecule has 0 saturated carbocycles. The maximum absolute atomic E-state index is 15.3. The van der Waals surface area contributed by atoms with Crippen LogP contribution in [0.1, 0.15) is 35.3 Å². The minimum absolute atomic E-state index is 0.0145. The molecule has 3 aromatic rings. The van der Waals surface area contributed by atoms with E-state index >= 15 is 4.39 Å². The highest BCUT2D eigenvalue weighted by atomic mass is 35.5. The van der Waals surface area contributed by atoms with Gasteiger partial charge in [-0.25, -0.2) is 4.39 Å². The van der Waals surface area contributed by atoms with E-state index in [0.717, 1.165) is 11.1 Å². The van der Waals surface area contributed by atoms with E-state index < -0.39 is 41.9 Å². The summed E-state index contributed by atoms with van der Waals surface area (Å²) in [6.07, 6.45) is -13.3. The van der Waals surface area contributed by atoms with Crippen LogP contribution in [-0.4, -0.2) is 34.6 Å². The van der Waals surface area contributed by atoms with Crippen LogP contribution in [0, 0.1) is 5.82 Å². The first-order valence-corrected chi connectivity index (χ1v) is 11.4. The van der Waals surface area contributed by atoms with Crippen molar-refractivity contribution in [2.75, 3.05) is 5.01 Å². The van der Waals surface area contributed by atoms with Gasteiger partial charge >= 0.3 is 12.4 Å². The fourth-order valence-electron chi connectivity index (χ4n) is 4.21. The molecule has 0 fully saturated rings. The molecule has 1 atom stereocenters. The lowest BCUT2D eigenvalue weighted by Crippen LogP contribution is -2.62. The summed E-state index contributed by atoms with van der Waals surface area (Å²) in [6.45, 7) is 1.34. The zero-order valence-corrected chi connectivity index (χ0v) is 20.2.